The maximum atomic E-state index is 11.9. The Hall–Kier alpha value is -1.19. The minimum Gasteiger partial charge on any atom is -0.355 e. The molecule has 0 bridgehead atoms. The fourth-order valence-corrected chi connectivity index (χ4v) is 2.61. The largest absolute Gasteiger partial charge is 0.355 e. The van der Waals surface area contributed by atoms with Gasteiger partial charge in [-0.25, -0.2) is 0 Å². The minimum atomic E-state index is -0.000696. The van der Waals surface area contributed by atoms with E-state index in [9.17, 15) is 4.79 Å². The Bertz CT molecular complexity index is 620. The number of benzene rings is 1. The summed E-state index contributed by atoms with van der Waals surface area (Å²) in [5, 5.41) is 5.00. The van der Waals surface area contributed by atoms with E-state index in [1.807, 2.05) is 22.9 Å². The van der Waals surface area contributed by atoms with E-state index < -0.39 is 0 Å². The molecule has 0 spiro atoms. The van der Waals surface area contributed by atoms with Crippen LogP contribution in [-0.4, -0.2) is 17.0 Å². The van der Waals surface area contributed by atoms with E-state index in [1.165, 1.54) is 0 Å². The fraction of sp³-hybridized carbons (Fsp3) is 0.400. The molecule has 2 rings (SSSR count). The number of halogens is 2. The first kappa shape index (κ1) is 15.2. The third kappa shape index (κ3) is 3.68. The summed E-state index contributed by atoms with van der Waals surface area (Å²) in [5.41, 5.74) is 0.876. The second kappa shape index (κ2) is 6.51. The van der Waals surface area contributed by atoms with Crippen LogP contribution in [0, 0.1) is 5.92 Å². The van der Waals surface area contributed by atoms with Crippen LogP contribution in [0.2, 0.25) is 10.0 Å². The van der Waals surface area contributed by atoms with Crippen LogP contribution in [0.3, 0.4) is 0 Å². The maximum Gasteiger partial charge on any atom is 0.239 e. The normalized spacial score (nSPS) is 11.2. The standard InChI is InChI=1S/C15H18Cl2N2O/c1-10(2)3-5-18-15(20)9-19-6-4-12-13(17)7-11(16)8-14(12)19/h4,6-8,10H,3,5,9H2,1-2H3,(H,18,20). The van der Waals surface area contributed by atoms with Crippen LogP contribution in [0.25, 0.3) is 10.9 Å². The topological polar surface area (TPSA) is 34.0 Å². The van der Waals surface area contributed by atoms with Crippen molar-refractivity contribution in [3.8, 4) is 0 Å². The quantitative estimate of drug-likeness (QED) is 0.885. The monoisotopic (exact) mass is 312 g/mol. The Morgan fingerprint density at radius 2 is 2.10 bits per heavy atom. The number of rotatable bonds is 5. The van der Waals surface area contributed by atoms with Crippen molar-refractivity contribution in [3.05, 3.63) is 34.4 Å². The molecule has 5 heteroatoms. The SMILES string of the molecule is CC(C)CCNC(=O)Cn1ccc2c(Cl)cc(Cl)cc21. The van der Waals surface area contributed by atoms with Crippen molar-refractivity contribution in [3.63, 3.8) is 0 Å². The molecule has 3 nitrogen and oxygen atoms in total. The van der Waals surface area contributed by atoms with Crippen LogP contribution in [-0.2, 0) is 11.3 Å². The molecule has 0 aliphatic carbocycles. The van der Waals surface area contributed by atoms with Crippen molar-refractivity contribution in [2.24, 2.45) is 5.92 Å². The average Bonchev–Trinajstić information content (AvgIpc) is 2.72. The molecule has 1 N–H and O–H groups in total. The second-order valence-corrected chi connectivity index (χ2v) is 6.14. The lowest BCUT2D eigenvalue weighted by Crippen LogP contribution is -2.28. The van der Waals surface area contributed by atoms with E-state index in [2.05, 4.69) is 19.2 Å². The van der Waals surface area contributed by atoms with E-state index in [0.29, 0.717) is 22.5 Å². The zero-order valence-electron chi connectivity index (χ0n) is 11.6. The summed E-state index contributed by atoms with van der Waals surface area (Å²) < 4.78 is 1.86. The van der Waals surface area contributed by atoms with Gasteiger partial charge in [0, 0.05) is 23.2 Å². The van der Waals surface area contributed by atoms with Crippen molar-refractivity contribution in [1.29, 1.82) is 0 Å². The van der Waals surface area contributed by atoms with Crippen LogP contribution in [0.5, 0.6) is 0 Å². The molecule has 20 heavy (non-hydrogen) atoms. The van der Waals surface area contributed by atoms with Crippen LogP contribution in [0.1, 0.15) is 20.3 Å². The Labute approximate surface area is 128 Å². The molecule has 1 heterocycles. The summed E-state index contributed by atoms with van der Waals surface area (Å²) in [6.45, 7) is 5.25. The van der Waals surface area contributed by atoms with Gasteiger partial charge < -0.3 is 9.88 Å². The van der Waals surface area contributed by atoms with Gasteiger partial charge in [-0.05, 0) is 30.5 Å². The molecule has 0 unspecified atom stereocenters. The first-order chi connectivity index (χ1) is 9.47. The summed E-state index contributed by atoms with van der Waals surface area (Å²) in [4.78, 5) is 11.9. The molecular weight excluding hydrogens is 295 g/mol. The lowest BCUT2D eigenvalue weighted by molar-refractivity contribution is -0.121. The van der Waals surface area contributed by atoms with Crippen molar-refractivity contribution in [1.82, 2.24) is 9.88 Å². The van der Waals surface area contributed by atoms with Crippen molar-refractivity contribution in [2.75, 3.05) is 6.54 Å². The highest BCUT2D eigenvalue weighted by Crippen LogP contribution is 2.28. The zero-order chi connectivity index (χ0) is 14.7. The summed E-state index contributed by atoms with van der Waals surface area (Å²) in [6.07, 6.45) is 2.84. The van der Waals surface area contributed by atoms with E-state index in [0.717, 1.165) is 17.3 Å². The van der Waals surface area contributed by atoms with Gasteiger partial charge in [-0.2, -0.15) is 0 Å². The van der Waals surface area contributed by atoms with Crippen LogP contribution in [0.4, 0.5) is 0 Å². The molecule has 108 valence electrons. The molecule has 0 aliphatic rings. The third-order valence-electron chi connectivity index (χ3n) is 3.16. The van der Waals surface area contributed by atoms with Gasteiger partial charge in [0.15, 0.2) is 0 Å². The van der Waals surface area contributed by atoms with Gasteiger partial charge in [-0.15, -0.1) is 0 Å². The number of hydrogen-bond donors (Lipinski definition) is 1. The summed E-state index contributed by atoms with van der Waals surface area (Å²) >= 11 is 12.1. The van der Waals surface area contributed by atoms with Crippen molar-refractivity contribution >= 4 is 40.0 Å². The molecule has 2 aromatic rings. The Morgan fingerprint density at radius 3 is 2.80 bits per heavy atom. The molecular formula is C15H18Cl2N2O. The van der Waals surface area contributed by atoms with Crippen LogP contribution < -0.4 is 5.32 Å². The summed E-state index contributed by atoms with van der Waals surface area (Å²) in [5.74, 6) is 0.583. The van der Waals surface area contributed by atoms with Gasteiger partial charge in [0.2, 0.25) is 5.91 Å². The second-order valence-electron chi connectivity index (χ2n) is 5.30. The number of fused-ring (bicyclic) bond motifs is 1. The van der Waals surface area contributed by atoms with Gasteiger partial charge >= 0.3 is 0 Å². The van der Waals surface area contributed by atoms with Crippen molar-refractivity contribution < 1.29 is 4.79 Å². The molecule has 1 aromatic carbocycles. The molecule has 0 fully saturated rings. The van der Waals surface area contributed by atoms with Gasteiger partial charge in [0.1, 0.15) is 6.54 Å². The van der Waals surface area contributed by atoms with Crippen LogP contribution >= 0.6 is 23.2 Å². The molecule has 0 aliphatic heterocycles. The predicted molar refractivity (Wildman–Crippen MR) is 84.4 cm³/mol. The molecule has 1 amide bonds. The summed E-state index contributed by atoms with van der Waals surface area (Å²) in [6, 6.07) is 5.43. The van der Waals surface area contributed by atoms with Crippen molar-refractivity contribution in [2.45, 2.75) is 26.8 Å². The molecule has 0 radical (unpaired) electrons. The van der Waals surface area contributed by atoms with E-state index in [-0.39, 0.29) is 12.5 Å². The Morgan fingerprint density at radius 1 is 1.35 bits per heavy atom. The van der Waals surface area contributed by atoms with Gasteiger partial charge in [0.25, 0.3) is 0 Å². The molecule has 0 saturated heterocycles. The highest BCUT2D eigenvalue weighted by molar-refractivity contribution is 6.38. The average molecular weight is 313 g/mol. The molecule has 1 aromatic heterocycles. The van der Waals surface area contributed by atoms with Gasteiger partial charge in [-0.3, -0.25) is 4.79 Å². The fourth-order valence-electron chi connectivity index (χ4n) is 2.07. The maximum absolute atomic E-state index is 11.9. The zero-order valence-corrected chi connectivity index (χ0v) is 13.1. The van der Waals surface area contributed by atoms with E-state index in [1.54, 1.807) is 6.07 Å². The lowest BCUT2D eigenvalue weighted by Gasteiger charge is -2.09. The Kier molecular flexibility index (Phi) is 4.95. The number of carbonyl (C=O) groups is 1. The predicted octanol–water partition coefficient (Wildman–Crippen LogP) is 4.11. The van der Waals surface area contributed by atoms with Crippen LogP contribution in [0.15, 0.2) is 24.4 Å². The highest BCUT2D eigenvalue weighted by atomic mass is 35.5. The molecule has 0 atom stereocenters. The number of carbonyl (C=O) groups excluding carboxylic acids is 1. The Balaban J connectivity index is 2.08. The first-order valence-electron chi connectivity index (χ1n) is 6.68. The third-order valence-corrected chi connectivity index (χ3v) is 3.69. The summed E-state index contributed by atoms with van der Waals surface area (Å²) in [7, 11) is 0. The van der Waals surface area contributed by atoms with Gasteiger partial charge in [0.05, 0.1) is 10.5 Å². The number of hydrogen-bond acceptors (Lipinski definition) is 1. The highest BCUT2D eigenvalue weighted by Gasteiger charge is 2.09. The van der Waals surface area contributed by atoms with E-state index >= 15 is 0 Å². The van der Waals surface area contributed by atoms with E-state index in [4.69, 9.17) is 23.2 Å². The number of nitrogens with one attached hydrogen (secondary N) is 1. The van der Waals surface area contributed by atoms with Gasteiger partial charge in [-0.1, -0.05) is 37.0 Å². The minimum absolute atomic E-state index is 0.000696. The first-order valence-corrected chi connectivity index (χ1v) is 7.43. The number of amides is 1. The number of nitrogens with zero attached hydrogens (tertiary/aromatic N) is 1. The molecule has 0 saturated carbocycles. The number of aromatic nitrogens is 1. The smallest absolute Gasteiger partial charge is 0.239 e. The lowest BCUT2D eigenvalue weighted by atomic mass is 10.1.